The summed E-state index contributed by atoms with van der Waals surface area (Å²) in [6, 6.07) is 10.4. The Morgan fingerprint density at radius 2 is 1.95 bits per heavy atom. The highest BCUT2D eigenvalue weighted by Gasteiger charge is 2.25. The smallest absolute Gasteiger partial charge is 0.298 e. The zero-order valence-corrected chi connectivity index (χ0v) is 11.4. The van der Waals surface area contributed by atoms with Crippen molar-refractivity contribution in [2.24, 2.45) is 0 Å². The number of fused-ring (bicyclic) bond motifs is 1. The van der Waals surface area contributed by atoms with Gasteiger partial charge >= 0.3 is 0 Å². The SMILES string of the molecule is Nc1cccc(-c2cc3c(c(S(=O)(=O)O)c2)OCC3)c1. The maximum absolute atomic E-state index is 11.5. The fourth-order valence-electron chi connectivity index (χ4n) is 2.35. The Balaban J connectivity index is 2.24. The molecule has 0 saturated heterocycles. The van der Waals surface area contributed by atoms with E-state index in [0.29, 0.717) is 24.3 Å². The molecule has 20 heavy (non-hydrogen) atoms. The second kappa shape index (κ2) is 4.50. The Kier molecular flexibility index (Phi) is 2.92. The van der Waals surface area contributed by atoms with Crippen molar-refractivity contribution in [2.75, 3.05) is 12.3 Å². The van der Waals surface area contributed by atoms with Crippen LogP contribution in [0.5, 0.6) is 5.75 Å². The molecule has 104 valence electrons. The summed E-state index contributed by atoms with van der Waals surface area (Å²) >= 11 is 0. The number of nitrogens with two attached hydrogens (primary N) is 1. The van der Waals surface area contributed by atoms with Gasteiger partial charge in [-0.3, -0.25) is 4.55 Å². The monoisotopic (exact) mass is 291 g/mol. The van der Waals surface area contributed by atoms with Gasteiger partial charge in [0, 0.05) is 12.1 Å². The number of ether oxygens (including phenoxy) is 1. The second-order valence-electron chi connectivity index (χ2n) is 4.66. The summed E-state index contributed by atoms with van der Waals surface area (Å²) in [5.74, 6) is 0.250. The van der Waals surface area contributed by atoms with Crippen molar-refractivity contribution in [3.05, 3.63) is 42.0 Å². The van der Waals surface area contributed by atoms with Crippen molar-refractivity contribution in [1.29, 1.82) is 0 Å². The molecule has 0 radical (unpaired) electrons. The van der Waals surface area contributed by atoms with Gasteiger partial charge in [-0.15, -0.1) is 0 Å². The average molecular weight is 291 g/mol. The summed E-state index contributed by atoms with van der Waals surface area (Å²) in [5, 5.41) is 0. The second-order valence-corrected chi connectivity index (χ2v) is 6.05. The predicted octanol–water partition coefficient (Wildman–Crippen LogP) is 2.12. The molecule has 0 bridgehead atoms. The van der Waals surface area contributed by atoms with E-state index in [1.807, 2.05) is 12.1 Å². The third-order valence-electron chi connectivity index (χ3n) is 3.25. The van der Waals surface area contributed by atoms with E-state index in [9.17, 15) is 13.0 Å². The first kappa shape index (κ1) is 13.0. The normalized spacial score (nSPS) is 13.8. The molecule has 5 nitrogen and oxygen atoms in total. The van der Waals surface area contributed by atoms with E-state index in [0.717, 1.165) is 11.1 Å². The van der Waals surface area contributed by atoms with Gasteiger partial charge in [0.1, 0.15) is 10.6 Å². The van der Waals surface area contributed by atoms with Gasteiger partial charge in [-0.25, -0.2) is 0 Å². The highest BCUT2D eigenvalue weighted by atomic mass is 32.2. The highest BCUT2D eigenvalue weighted by Crippen LogP contribution is 2.37. The third kappa shape index (κ3) is 2.23. The van der Waals surface area contributed by atoms with E-state index in [1.165, 1.54) is 6.07 Å². The topological polar surface area (TPSA) is 89.6 Å². The van der Waals surface area contributed by atoms with Gasteiger partial charge in [-0.05, 0) is 41.0 Å². The van der Waals surface area contributed by atoms with Crippen LogP contribution >= 0.6 is 0 Å². The van der Waals surface area contributed by atoms with Crippen LogP contribution in [-0.4, -0.2) is 19.6 Å². The molecule has 3 rings (SSSR count). The lowest BCUT2D eigenvalue weighted by atomic mass is 10.0. The maximum atomic E-state index is 11.5. The first-order chi connectivity index (χ1) is 9.45. The van der Waals surface area contributed by atoms with Crippen LogP contribution in [-0.2, 0) is 16.5 Å². The summed E-state index contributed by atoms with van der Waals surface area (Å²) in [4.78, 5) is -0.190. The van der Waals surface area contributed by atoms with Crippen molar-refractivity contribution in [3.63, 3.8) is 0 Å². The zero-order valence-electron chi connectivity index (χ0n) is 10.5. The molecule has 6 heteroatoms. The summed E-state index contributed by atoms with van der Waals surface area (Å²) in [6.07, 6.45) is 0.619. The maximum Gasteiger partial charge on any atom is 0.298 e. The molecule has 2 aromatic carbocycles. The molecule has 2 aromatic rings. The minimum Gasteiger partial charge on any atom is -0.491 e. The van der Waals surface area contributed by atoms with E-state index in [4.69, 9.17) is 10.5 Å². The summed E-state index contributed by atoms with van der Waals surface area (Å²) in [5.41, 5.74) is 8.59. The van der Waals surface area contributed by atoms with Crippen molar-refractivity contribution in [2.45, 2.75) is 11.3 Å². The van der Waals surface area contributed by atoms with E-state index in [-0.39, 0.29) is 10.6 Å². The van der Waals surface area contributed by atoms with E-state index >= 15 is 0 Å². The number of hydrogen-bond acceptors (Lipinski definition) is 4. The Labute approximate surface area is 116 Å². The van der Waals surface area contributed by atoms with Crippen molar-refractivity contribution < 1.29 is 17.7 Å². The first-order valence-corrected chi connectivity index (χ1v) is 7.52. The van der Waals surface area contributed by atoms with Crippen LogP contribution in [0, 0.1) is 0 Å². The van der Waals surface area contributed by atoms with Gasteiger partial charge in [0.05, 0.1) is 6.61 Å². The molecule has 0 spiro atoms. The Morgan fingerprint density at radius 3 is 2.65 bits per heavy atom. The van der Waals surface area contributed by atoms with Gasteiger partial charge < -0.3 is 10.5 Å². The Bertz CT molecular complexity index is 784. The van der Waals surface area contributed by atoms with Crippen LogP contribution in [0.4, 0.5) is 5.69 Å². The molecule has 3 N–H and O–H groups in total. The first-order valence-electron chi connectivity index (χ1n) is 6.08. The largest absolute Gasteiger partial charge is 0.491 e. The molecular formula is C14H13NO4S. The van der Waals surface area contributed by atoms with Crippen LogP contribution < -0.4 is 10.5 Å². The predicted molar refractivity (Wildman–Crippen MR) is 75.3 cm³/mol. The lowest BCUT2D eigenvalue weighted by molar-refractivity contribution is 0.346. The fourth-order valence-corrected chi connectivity index (χ4v) is 3.05. The van der Waals surface area contributed by atoms with Gasteiger partial charge in [-0.1, -0.05) is 12.1 Å². The Morgan fingerprint density at radius 1 is 1.15 bits per heavy atom. The van der Waals surface area contributed by atoms with Gasteiger partial charge in [0.2, 0.25) is 0 Å². The molecule has 1 aliphatic rings. The lowest BCUT2D eigenvalue weighted by Crippen LogP contribution is -2.01. The minimum absolute atomic E-state index is 0.190. The lowest BCUT2D eigenvalue weighted by Gasteiger charge is -2.09. The zero-order chi connectivity index (χ0) is 14.3. The van der Waals surface area contributed by atoms with E-state index in [2.05, 4.69) is 0 Å². The number of hydrogen-bond donors (Lipinski definition) is 2. The standard InChI is InChI=1S/C14H13NO4S/c15-12-3-1-2-9(7-12)11-6-10-4-5-19-14(10)13(8-11)20(16,17)18/h1-3,6-8H,4-5,15H2,(H,16,17,18). The van der Waals surface area contributed by atoms with Crippen LogP contribution in [0.15, 0.2) is 41.3 Å². The molecule has 0 aromatic heterocycles. The average Bonchev–Trinajstić information content (AvgIpc) is 2.84. The van der Waals surface area contributed by atoms with Gasteiger partial charge in [-0.2, -0.15) is 8.42 Å². The van der Waals surface area contributed by atoms with Crippen molar-refractivity contribution >= 4 is 15.8 Å². The Hall–Kier alpha value is -2.05. The molecule has 1 heterocycles. The van der Waals surface area contributed by atoms with Crippen molar-refractivity contribution in [1.82, 2.24) is 0 Å². The molecule has 0 aliphatic carbocycles. The van der Waals surface area contributed by atoms with Crippen LogP contribution in [0.2, 0.25) is 0 Å². The summed E-state index contributed by atoms with van der Waals surface area (Å²) < 4.78 is 37.6. The molecule has 0 unspecified atom stereocenters. The van der Waals surface area contributed by atoms with Crippen LogP contribution in [0.1, 0.15) is 5.56 Å². The quantitative estimate of drug-likeness (QED) is 0.653. The highest BCUT2D eigenvalue weighted by molar-refractivity contribution is 7.86. The fraction of sp³-hybridized carbons (Fsp3) is 0.143. The van der Waals surface area contributed by atoms with Gasteiger partial charge in [0.15, 0.2) is 0 Å². The molecule has 1 aliphatic heterocycles. The number of rotatable bonds is 2. The third-order valence-corrected chi connectivity index (χ3v) is 4.11. The molecular weight excluding hydrogens is 278 g/mol. The molecule has 0 saturated carbocycles. The minimum atomic E-state index is -4.32. The number of anilines is 1. The number of nitrogen functional groups attached to an aromatic ring is 1. The molecule has 0 amide bonds. The summed E-state index contributed by atoms with van der Waals surface area (Å²) in [7, 11) is -4.32. The molecule has 0 atom stereocenters. The summed E-state index contributed by atoms with van der Waals surface area (Å²) in [6.45, 7) is 0.415. The molecule has 0 fully saturated rings. The van der Waals surface area contributed by atoms with E-state index < -0.39 is 10.1 Å². The van der Waals surface area contributed by atoms with Gasteiger partial charge in [0.25, 0.3) is 10.1 Å². The van der Waals surface area contributed by atoms with E-state index in [1.54, 1.807) is 18.2 Å². The number of benzene rings is 2. The van der Waals surface area contributed by atoms with Crippen molar-refractivity contribution in [3.8, 4) is 16.9 Å². The van der Waals surface area contributed by atoms with Crippen LogP contribution in [0.3, 0.4) is 0 Å². The van der Waals surface area contributed by atoms with Crippen LogP contribution in [0.25, 0.3) is 11.1 Å².